The SMILES string of the molecule is CCOCc1ccc(CC(=O)NN)cc1. The van der Waals surface area contributed by atoms with E-state index in [9.17, 15) is 4.79 Å². The predicted molar refractivity (Wildman–Crippen MR) is 57.8 cm³/mol. The Morgan fingerprint density at radius 2 is 1.93 bits per heavy atom. The highest BCUT2D eigenvalue weighted by Crippen LogP contribution is 2.06. The summed E-state index contributed by atoms with van der Waals surface area (Å²) in [7, 11) is 0. The third-order valence-electron chi connectivity index (χ3n) is 2.02. The van der Waals surface area contributed by atoms with E-state index >= 15 is 0 Å². The zero-order valence-corrected chi connectivity index (χ0v) is 8.82. The standard InChI is InChI=1S/C11H16N2O2/c1-2-15-8-10-5-3-9(4-6-10)7-11(14)13-12/h3-6H,2,7-8,12H2,1H3,(H,13,14). The van der Waals surface area contributed by atoms with E-state index in [1.54, 1.807) is 0 Å². The van der Waals surface area contributed by atoms with E-state index in [-0.39, 0.29) is 5.91 Å². The highest BCUT2D eigenvalue weighted by atomic mass is 16.5. The molecule has 0 aliphatic rings. The van der Waals surface area contributed by atoms with Crippen molar-refractivity contribution in [2.45, 2.75) is 20.0 Å². The van der Waals surface area contributed by atoms with Crippen molar-refractivity contribution in [3.05, 3.63) is 35.4 Å². The molecule has 0 unspecified atom stereocenters. The van der Waals surface area contributed by atoms with Crippen molar-refractivity contribution in [1.82, 2.24) is 5.43 Å². The van der Waals surface area contributed by atoms with Crippen LogP contribution in [-0.2, 0) is 22.6 Å². The minimum Gasteiger partial charge on any atom is -0.377 e. The van der Waals surface area contributed by atoms with E-state index in [0.29, 0.717) is 19.6 Å². The summed E-state index contributed by atoms with van der Waals surface area (Å²) in [4.78, 5) is 11.0. The summed E-state index contributed by atoms with van der Waals surface area (Å²) in [5, 5.41) is 0. The molecule has 0 bridgehead atoms. The van der Waals surface area contributed by atoms with Crippen LogP contribution in [-0.4, -0.2) is 12.5 Å². The topological polar surface area (TPSA) is 64.3 Å². The molecule has 0 atom stereocenters. The van der Waals surface area contributed by atoms with Gasteiger partial charge in [0.1, 0.15) is 0 Å². The van der Waals surface area contributed by atoms with Gasteiger partial charge < -0.3 is 4.74 Å². The van der Waals surface area contributed by atoms with Crippen LogP contribution in [0.25, 0.3) is 0 Å². The van der Waals surface area contributed by atoms with E-state index < -0.39 is 0 Å². The van der Waals surface area contributed by atoms with E-state index in [1.807, 2.05) is 31.2 Å². The van der Waals surface area contributed by atoms with Crippen molar-refractivity contribution < 1.29 is 9.53 Å². The molecule has 3 N–H and O–H groups in total. The smallest absolute Gasteiger partial charge is 0.238 e. The third kappa shape index (κ3) is 4.10. The van der Waals surface area contributed by atoms with Crippen LogP contribution < -0.4 is 11.3 Å². The molecule has 0 saturated heterocycles. The molecule has 0 radical (unpaired) electrons. The van der Waals surface area contributed by atoms with E-state index in [1.165, 1.54) is 0 Å². The van der Waals surface area contributed by atoms with Crippen LogP contribution in [0.1, 0.15) is 18.1 Å². The summed E-state index contributed by atoms with van der Waals surface area (Å²) in [6.07, 6.45) is 0.311. The molecule has 15 heavy (non-hydrogen) atoms. The lowest BCUT2D eigenvalue weighted by molar-refractivity contribution is -0.120. The van der Waals surface area contributed by atoms with E-state index in [0.717, 1.165) is 11.1 Å². The summed E-state index contributed by atoms with van der Waals surface area (Å²) < 4.78 is 5.26. The minimum atomic E-state index is -0.187. The fourth-order valence-corrected chi connectivity index (χ4v) is 1.21. The van der Waals surface area contributed by atoms with Gasteiger partial charge in [0.15, 0.2) is 0 Å². The van der Waals surface area contributed by atoms with Crippen molar-refractivity contribution in [2.24, 2.45) is 5.84 Å². The summed E-state index contributed by atoms with van der Waals surface area (Å²) in [6.45, 7) is 3.27. The molecule has 1 rings (SSSR count). The van der Waals surface area contributed by atoms with Crippen molar-refractivity contribution in [3.8, 4) is 0 Å². The molecule has 1 aromatic carbocycles. The van der Waals surface area contributed by atoms with Crippen LogP contribution in [0.3, 0.4) is 0 Å². The molecule has 1 amide bonds. The van der Waals surface area contributed by atoms with Gasteiger partial charge in [0.05, 0.1) is 13.0 Å². The third-order valence-corrected chi connectivity index (χ3v) is 2.02. The Labute approximate surface area is 89.4 Å². The van der Waals surface area contributed by atoms with Crippen molar-refractivity contribution in [3.63, 3.8) is 0 Å². The lowest BCUT2D eigenvalue weighted by Crippen LogP contribution is -2.31. The van der Waals surface area contributed by atoms with Crippen molar-refractivity contribution in [2.75, 3.05) is 6.61 Å². The number of nitrogens with one attached hydrogen (secondary N) is 1. The van der Waals surface area contributed by atoms with Gasteiger partial charge in [-0.1, -0.05) is 24.3 Å². The zero-order valence-electron chi connectivity index (χ0n) is 8.82. The Hall–Kier alpha value is -1.39. The number of hydrogen-bond donors (Lipinski definition) is 2. The fraction of sp³-hybridized carbons (Fsp3) is 0.364. The average Bonchev–Trinajstić information content (AvgIpc) is 2.28. The zero-order chi connectivity index (χ0) is 11.1. The first-order chi connectivity index (χ1) is 7.26. The van der Waals surface area contributed by atoms with Gasteiger partial charge in [-0.25, -0.2) is 5.84 Å². The van der Waals surface area contributed by atoms with Crippen LogP contribution in [0, 0.1) is 0 Å². The number of carbonyl (C=O) groups is 1. The van der Waals surface area contributed by atoms with Gasteiger partial charge in [-0.3, -0.25) is 10.2 Å². The van der Waals surface area contributed by atoms with E-state index in [4.69, 9.17) is 10.6 Å². The lowest BCUT2D eigenvalue weighted by Gasteiger charge is -2.03. The summed E-state index contributed by atoms with van der Waals surface area (Å²) >= 11 is 0. The number of benzene rings is 1. The second-order valence-corrected chi connectivity index (χ2v) is 3.20. The van der Waals surface area contributed by atoms with Gasteiger partial charge in [0, 0.05) is 6.61 Å². The first-order valence-electron chi connectivity index (χ1n) is 4.91. The molecule has 1 aromatic rings. The van der Waals surface area contributed by atoms with Crippen LogP contribution in [0.4, 0.5) is 0 Å². The lowest BCUT2D eigenvalue weighted by atomic mass is 10.1. The van der Waals surface area contributed by atoms with Gasteiger partial charge >= 0.3 is 0 Å². The molecule has 82 valence electrons. The summed E-state index contributed by atoms with van der Waals surface area (Å²) in [5.74, 6) is 4.81. The van der Waals surface area contributed by atoms with Crippen molar-refractivity contribution in [1.29, 1.82) is 0 Å². The van der Waals surface area contributed by atoms with Crippen LogP contribution >= 0.6 is 0 Å². The van der Waals surface area contributed by atoms with Crippen molar-refractivity contribution >= 4 is 5.91 Å². The molecule has 4 nitrogen and oxygen atoms in total. The first kappa shape index (κ1) is 11.7. The first-order valence-corrected chi connectivity index (χ1v) is 4.91. The number of ether oxygens (including phenoxy) is 1. The molecule has 0 fully saturated rings. The van der Waals surface area contributed by atoms with Gasteiger partial charge in [0.25, 0.3) is 0 Å². The molecule has 0 saturated carbocycles. The number of carbonyl (C=O) groups excluding carboxylic acids is 1. The molecule has 0 spiro atoms. The highest BCUT2D eigenvalue weighted by Gasteiger charge is 2.00. The summed E-state index contributed by atoms with van der Waals surface area (Å²) in [5.41, 5.74) is 4.15. The quantitative estimate of drug-likeness (QED) is 0.426. The maximum Gasteiger partial charge on any atom is 0.238 e. The molecular weight excluding hydrogens is 192 g/mol. The van der Waals surface area contributed by atoms with Gasteiger partial charge in [-0.15, -0.1) is 0 Å². The summed E-state index contributed by atoms with van der Waals surface area (Å²) in [6, 6.07) is 7.72. The highest BCUT2D eigenvalue weighted by molar-refractivity contribution is 5.77. The molecule has 0 aromatic heterocycles. The van der Waals surface area contributed by atoms with E-state index in [2.05, 4.69) is 5.43 Å². The Kier molecular flexibility index (Phi) is 4.80. The monoisotopic (exact) mass is 208 g/mol. The Bertz CT molecular complexity index is 309. The Morgan fingerprint density at radius 1 is 1.33 bits per heavy atom. The maximum atomic E-state index is 11.0. The predicted octanol–water partition coefficient (Wildman–Crippen LogP) is 0.756. The number of hydrogen-bond acceptors (Lipinski definition) is 3. The normalized spacial score (nSPS) is 10.0. The number of amides is 1. The van der Waals surface area contributed by atoms with Gasteiger partial charge in [0.2, 0.25) is 5.91 Å². The molecule has 0 heterocycles. The number of hydrazine groups is 1. The molecule has 0 aliphatic carbocycles. The minimum absolute atomic E-state index is 0.187. The van der Waals surface area contributed by atoms with Crippen LogP contribution in [0.2, 0.25) is 0 Å². The second-order valence-electron chi connectivity index (χ2n) is 3.20. The molecule has 0 aliphatic heterocycles. The largest absolute Gasteiger partial charge is 0.377 e. The second kappa shape index (κ2) is 6.16. The number of nitrogens with two attached hydrogens (primary N) is 1. The maximum absolute atomic E-state index is 11.0. The van der Waals surface area contributed by atoms with Crippen LogP contribution in [0.5, 0.6) is 0 Å². The fourth-order valence-electron chi connectivity index (χ4n) is 1.21. The van der Waals surface area contributed by atoms with Crippen LogP contribution in [0.15, 0.2) is 24.3 Å². The average molecular weight is 208 g/mol. The number of rotatable bonds is 5. The Balaban J connectivity index is 2.52. The Morgan fingerprint density at radius 3 is 2.47 bits per heavy atom. The van der Waals surface area contributed by atoms with Gasteiger partial charge in [-0.05, 0) is 18.1 Å². The molecule has 4 heteroatoms. The van der Waals surface area contributed by atoms with Gasteiger partial charge in [-0.2, -0.15) is 0 Å². The molecular formula is C11H16N2O2.